The molecular formula is C12H12BNS. The van der Waals surface area contributed by atoms with E-state index in [1.807, 2.05) is 24.4 Å². The van der Waals surface area contributed by atoms with E-state index in [1.165, 1.54) is 15.3 Å². The molecule has 0 aliphatic carbocycles. The minimum atomic E-state index is 1.02. The average Bonchev–Trinajstić information content (AvgIpc) is 2.76. The Bertz CT molecular complexity index is 448. The van der Waals surface area contributed by atoms with Crippen LogP contribution in [-0.4, -0.2) is 12.3 Å². The van der Waals surface area contributed by atoms with Gasteiger partial charge in [-0.3, -0.25) is 4.98 Å². The Balaban J connectivity index is 2.11. The summed E-state index contributed by atoms with van der Waals surface area (Å²) in [5.74, 6) is 0. The monoisotopic (exact) mass is 213 g/mol. The lowest BCUT2D eigenvalue weighted by molar-refractivity contribution is 1.46. The topological polar surface area (TPSA) is 12.9 Å². The van der Waals surface area contributed by atoms with E-state index in [0.29, 0.717) is 0 Å². The molecule has 1 nitrogen and oxygen atoms in total. The van der Waals surface area contributed by atoms with Crippen LogP contribution in [0.25, 0.3) is 12.2 Å². The lowest BCUT2D eigenvalue weighted by atomic mass is 9.84. The van der Waals surface area contributed by atoms with Gasteiger partial charge in [-0.1, -0.05) is 43.2 Å². The van der Waals surface area contributed by atoms with Crippen molar-refractivity contribution in [1.29, 1.82) is 0 Å². The van der Waals surface area contributed by atoms with Crippen LogP contribution in [0, 0.1) is 0 Å². The van der Waals surface area contributed by atoms with Gasteiger partial charge in [-0.15, -0.1) is 11.3 Å². The molecule has 0 aliphatic heterocycles. The van der Waals surface area contributed by atoms with Gasteiger partial charge < -0.3 is 0 Å². The van der Waals surface area contributed by atoms with Gasteiger partial charge in [0.15, 0.2) is 7.28 Å². The first-order valence-electron chi connectivity index (χ1n) is 5.06. The maximum absolute atomic E-state index is 4.31. The lowest BCUT2D eigenvalue weighted by Crippen LogP contribution is -2.06. The highest BCUT2D eigenvalue weighted by atomic mass is 32.1. The van der Waals surface area contributed by atoms with E-state index in [2.05, 4.69) is 36.1 Å². The van der Waals surface area contributed by atoms with E-state index in [0.717, 1.165) is 7.28 Å². The largest absolute Gasteiger partial charge is 0.260 e. The summed E-state index contributed by atoms with van der Waals surface area (Å²) >= 11 is 1.75. The van der Waals surface area contributed by atoms with Crippen LogP contribution in [0.1, 0.15) is 10.4 Å². The Morgan fingerprint density at radius 3 is 2.67 bits per heavy atom. The number of hydrogen-bond donors (Lipinski definition) is 0. The molecule has 15 heavy (non-hydrogen) atoms. The Kier molecular flexibility index (Phi) is 3.35. The highest BCUT2D eigenvalue weighted by molar-refractivity contribution is 7.21. The smallest absolute Gasteiger partial charge is 0.192 e. The van der Waals surface area contributed by atoms with Gasteiger partial charge in [-0.25, -0.2) is 0 Å². The van der Waals surface area contributed by atoms with E-state index < -0.39 is 0 Å². The normalized spacial score (nSPS) is 10.7. The van der Waals surface area contributed by atoms with Gasteiger partial charge in [0.1, 0.15) is 0 Å². The highest BCUT2D eigenvalue weighted by Crippen LogP contribution is 2.10. The molecule has 0 atom stereocenters. The van der Waals surface area contributed by atoms with Crippen LogP contribution in [0.3, 0.4) is 0 Å². The van der Waals surface area contributed by atoms with Gasteiger partial charge in [-0.05, 0) is 11.6 Å². The fraction of sp³-hybridized carbons (Fsp3) is 0.0833. The van der Waals surface area contributed by atoms with Gasteiger partial charge >= 0.3 is 0 Å². The summed E-state index contributed by atoms with van der Waals surface area (Å²) in [4.78, 5) is 6.73. The Labute approximate surface area is 94.7 Å². The van der Waals surface area contributed by atoms with Crippen molar-refractivity contribution < 1.29 is 0 Å². The molecule has 0 amide bonds. The fourth-order valence-electron chi connectivity index (χ4n) is 1.31. The number of aromatic nitrogens is 1. The molecule has 0 bridgehead atoms. The molecule has 0 unspecified atom stereocenters. The summed E-state index contributed by atoms with van der Waals surface area (Å²) in [6.07, 6.45) is 6.17. The Morgan fingerprint density at radius 1 is 1.20 bits per heavy atom. The van der Waals surface area contributed by atoms with Gasteiger partial charge in [0.25, 0.3) is 0 Å². The third-order valence-electron chi connectivity index (χ3n) is 2.11. The van der Waals surface area contributed by atoms with E-state index in [-0.39, 0.29) is 0 Å². The van der Waals surface area contributed by atoms with Crippen molar-refractivity contribution >= 4 is 35.7 Å². The minimum absolute atomic E-state index is 1.02. The van der Waals surface area contributed by atoms with Gasteiger partial charge in [0.2, 0.25) is 0 Å². The molecule has 2 rings (SSSR count). The zero-order valence-corrected chi connectivity index (χ0v) is 9.50. The predicted molar refractivity (Wildman–Crippen MR) is 70.1 cm³/mol. The summed E-state index contributed by atoms with van der Waals surface area (Å²) in [5.41, 5.74) is 1.23. The second-order valence-corrected chi connectivity index (χ2v) is 4.40. The van der Waals surface area contributed by atoms with Crippen LogP contribution in [0.15, 0.2) is 36.5 Å². The molecule has 74 valence electrons. The molecule has 0 spiro atoms. The van der Waals surface area contributed by atoms with Crippen molar-refractivity contribution in [3.8, 4) is 0 Å². The van der Waals surface area contributed by atoms with E-state index in [9.17, 15) is 0 Å². The molecule has 0 radical (unpaired) electrons. The summed E-state index contributed by atoms with van der Waals surface area (Å²) in [7, 11) is 1.02. The molecule has 2 aromatic rings. The minimum Gasteiger partial charge on any atom is -0.260 e. The summed E-state index contributed by atoms with van der Waals surface area (Å²) in [6.45, 7) is 2.13. The van der Waals surface area contributed by atoms with Crippen molar-refractivity contribution in [1.82, 2.24) is 4.98 Å². The van der Waals surface area contributed by atoms with Crippen molar-refractivity contribution in [2.45, 2.75) is 6.82 Å². The zero-order valence-electron chi connectivity index (χ0n) is 8.68. The molecule has 0 saturated heterocycles. The van der Waals surface area contributed by atoms with Crippen molar-refractivity contribution in [3.05, 3.63) is 47.0 Å². The van der Waals surface area contributed by atoms with Gasteiger partial charge in [0.05, 0.1) is 0 Å². The van der Waals surface area contributed by atoms with Crippen LogP contribution in [0.2, 0.25) is 6.82 Å². The quantitative estimate of drug-likeness (QED) is 0.713. The van der Waals surface area contributed by atoms with Crippen molar-refractivity contribution in [2.75, 3.05) is 0 Å². The average molecular weight is 213 g/mol. The molecule has 1 aromatic carbocycles. The standard InChI is InChI=1S/C12H12BNS/c1-13-12-14-9-11(15-12)8-7-10-5-3-2-4-6-10/h2-9,13H,1H3/b8-7+. The third-order valence-corrected chi connectivity index (χ3v) is 3.22. The zero-order chi connectivity index (χ0) is 10.5. The molecule has 3 heteroatoms. The molecule has 0 aliphatic rings. The van der Waals surface area contributed by atoms with E-state index in [4.69, 9.17) is 0 Å². The molecule has 0 N–H and O–H groups in total. The van der Waals surface area contributed by atoms with E-state index in [1.54, 1.807) is 11.3 Å². The first-order valence-corrected chi connectivity index (χ1v) is 5.88. The Hall–Kier alpha value is -1.35. The molecule has 1 heterocycles. The maximum atomic E-state index is 4.31. The lowest BCUT2D eigenvalue weighted by Gasteiger charge is -1.89. The Morgan fingerprint density at radius 2 is 2.00 bits per heavy atom. The highest BCUT2D eigenvalue weighted by Gasteiger charge is 1.96. The first-order chi connectivity index (χ1) is 7.38. The summed E-state index contributed by atoms with van der Waals surface area (Å²) < 4.78 is 0. The number of benzene rings is 1. The van der Waals surface area contributed by atoms with Gasteiger partial charge in [-0.2, -0.15) is 0 Å². The first kappa shape index (κ1) is 10.2. The van der Waals surface area contributed by atoms with Crippen LogP contribution < -0.4 is 4.91 Å². The molecule has 0 fully saturated rings. The molecular weight excluding hydrogens is 201 g/mol. The van der Waals surface area contributed by atoms with Crippen molar-refractivity contribution in [3.63, 3.8) is 0 Å². The van der Waals surface area contributed by atoms with E-state index >= 15 is 0 Å². The molecule has 0 saturated carbocycles. The third kappa shape index (κ3) is 2.80. The fourth-order valence-corrected chi connectivity index (χ4v) is 2.07. The number of thiazole rings is 1. The van der Waals surface area contributed by atoms with Crippen LogP contribution >= 0.6 is 11.3 Å². The predicted octanol–water partition coefficient (Wildman–Crippen LogP) is 2.42. The SMILES string of the molecule is CBc1ncc(/C=C/c2ccccc2)s1. The number of hydrogen-bond acceptors (Lipinski definition) is 2. The second-order valence-electron chi connectivity index (χ2n) is 3.25. The summed E-state index contributed by atoms with van der Waals surface area (Å²) in [6, 6.07) is 10.3. The maximum Gasteiger partial charge on any atom is 0.192 e. The van der Waals surface area contributed by atoms with Gasteiger partial charge in [0, 0.05) is 16.0 Å². The van der Waals surface area contributed by atoms with Crippen LogP contribution in [0.5, 0.6) is 0 Å². The van der Waals surface area contributed by atoms with Crippen LogP contribution in [0.4, 0.5) is 0 Å². The second kappa shape index (κ2) is 4.94. The number of nitrogens with zero attached hydrogens (tertiary/aromatic N) is 1. The van der Waals surface area contributed by atoms with Crippen molar-refractivity contribution in [2.24, 2.45) is 0 Å². The number of rotatable bonds is 3. The van der Waals surface area contributed by atoms with Crippen LogP contribution in [-0.2, 0) is 0 Å². The molecule has 1 aromatic heterocycles. The summed E-state index contributed by atoms with van der Waals surface area (Å²) in [5, 5.41) is 0.